The van der Waals surface area contributed by atoms with Gasteiger partial charge in [-0.25, -0.2) is 0 Å². The number of ketones is 1. The summed E-state index contributed by atoms with van der Waals surface area (Å²) in [6, 6.07) is 15.1. The number of Topliss-reactive ketones (excluding diaryl/α,β-unsaturated/α-hetero) is 1. The predicted octanol–water partition coefficient (Wildman–Crippen LogP) is 5.14. The lowest BCUT2D eigenvalue weighted by molar-refractivity contribution is -0.140. The van der Waals surface area contributed by atoms with Crippen LogP contribution < -0.4 is 9.47 Å². The van der Waals surface area contributed by atoms with Gasteiger partial charge < -0.3 is 19.5 Å². The number of aliphatic hydroxyl groups is 1. The third-order valence-electron chi connectivity index (χ3n) is 6.00. The minimum atomic E-state index is -0.801. The van der Waals surface area contributed by atoms with Crippen molar-refractivity contribution < 1.29 is 24.2 Å². The minimum absolute atomic E-state index is 0.0245. The number of aryl methyl sites for hydroxylation is 1. The molecule has 1 fully saturated rings. The van der Waals surface area contributed by atoms with Crippen LogP contribution in [0.25, 0.3) is 5.76 Å². The van der Waals surface area contributed by atoms with E-state index in [0.717, 1.165) is 5.56 Å². The fourth-order valence-corrected chi connectivity index (χ4v) is 4.27. The molecule has 3 aromatic rings. The van der Waals surface area contributed by atoms with E-state index in [0.29, 0.717) is 41.4 Å². The summed E-state index contributed by atoms with van der Waals surface area (Å²) in [4.78, 5) is 32.2. The molecule has 1 atom stereocenters. The van der Waals surface area contributed by atoms with Gasteiger partial charge in [-0.15, -0.1) is 0 Å². The highest BCUT2D eigenvalue weighted by Gasteiger charge is 2.46. The second-order valence-corrected chi connectivity index (χ2v) is 8.53. The molecule has 2 heterocycles. The van der Waals surface area contributed by atoms with E-state index in [2.05, 4.69) is 18.1 Å². The Labute approximate surface area is 216 Å². The van der Waals surface area contributed by atoms with Crippen LogP contribution in [0.4, 0.5) is 0 Å². The van der Waals surface area contributed by atoms with Crippen LogP contribution in [0.15, 0.2) is 97.9 Å². The molecule has 1 amide bonds. The van der Waals surface area contributed by atoms with Crippen LogP contribution in [0.5, 0.6) is 11.5 Å². The van der Waals surface area contributed by atoms with E-state index in [9.17, 15) is 14.7 Å². The fraction of sp³-hybridized carbons (Fsp3) is 0.167. The number of aliphatic hydroxyl groups excluding tert-OH is 1. The molecule has 188 valence electrons. The van der Waals surface area contributed by atoms with Crippen molar-refractivity contribution in [1.82, 2.24) is 9.88 Å². The summed E-state index contributed by atoms with van der Waals surface area (Å²) in [7, 11) is 0. The Bertz CT molecular complexity index is 1350. The van der Waals surface area contributed by atoms with Gasteiger partial charge in [0.25, 0.3) is 11.7 Å². The average molecular weight is 497 g/mol. The highest BCUT2D eigenvalue weighted by Crippen LogP contribution is 2.41. The molecule has 7 nitrogen and oxygen atoms in total. The van der Waals surface area contributed by atoms with Crippen molar-refractivity contribution >= 4 is 17.4 Å². The van der Waals surface area contributed by atoms with Crippen LogP contribution >= 0.6 is 0 Å². The Morgan fingerprint density at radius 3 is 2.32 bits per heavy atom. The van der Waals surface area contributed by atoms with Crippen LogP contribution in [-0.4, -0.2) is 39.9 Å². The lowest BCUT2D eigenvalue weighted by Crippen LogP contribution is -2.29. The average Bonchev–Trinajstić information content (AvgIpc) is 3.16. The van der Waals surface area contributed by atoms with E-state index in [-0.39, 0.29) is 17.9 Å². The summed E-state index contributed by atoms with van der Waals surface area (Å²) < 4.78 is 11.2. The number of ether oxygens (including phenoxy) is 2. The van der Waals surface area contributed by atoms with Crippen molar-refractivity contribution in [3.8, 4) is 11.5 Å². The van der Waals surface area contributed by atoms with Gasteiger partial charge in [0.2, 0.25) is 0 Å². The van der Waals surface area contributed by atoms with E-state index in [1.807, 2.05) is 13.0 Å². The van der Waals surface area contributed by atoms with Crippen molar-refractivity contribution in [2.24, 2.45) is 0 Å². The van der Waals surface area contributed by atoms with Crippen molar-refractivity contribution in [3.05, 3.63) is 120 Å². The summed E-state index contributed by atoms with van der Waals surface area (Å²) in [6.45, 7) is 9.95. The second-order valence-electron chi connectivity index (χ2n) is 8.53. The molecule has 7 heteroatoms. The summed E-state index contributed by atoms with van der Waals surface area (Å²) in [5, 5.41) is 11.4. The molecule has 0 radical (unpaired) electrons. The van der Waals surface area contributed by atoms with Gasteiger partial charge in [-0.2, -0.15) is 0 Å². The molecule has 1 saturated heterocycles. The molecule has 0 aliphatic carbocycles. The number of pyridine rings is 1. The molecule has 1 aliphatic heterocycles. The first-order valence-electron chi connectivity index (χ1n) is 11.8. The zero-order chi connectivity index (χ0) is 26.4. The number of hydrogen-bond donors (Lipinski definition) is 1. The first-order valence-corrected chi connectivity index (χ1v) is 11.8. The van der Waals surface area contributed by atoms with E-state index in [1.54, 1.807) is 73.1 Å². The van der Waals surface area contributed by atoms with E-state index in [1.165, 1.54) is 4.90 Å². The van der Waals surface area contributed by atoms with Crippen molar-refractivity contribution in [1.29, 1.82) is 0 Å². The zero-order valence-corrected chi connectivity index (χ0v) is 20.6. The van der Waals surface area contributed by atoms with Gasteiger partial charge in [-0.3, -0.25) is 14.6 Å². The van der Waals surface area contributed by atoms with E-state index in [4.69, 9.17) is 9.47 Å². The Morgan fingerprint density at radius 1 is 1.03 bits per heavy atom. The smallest absolute Gasteiger partial charge is 0.295 e. The van der Waals surface area contributed by atoms with Gasteiger partial charge in [0.15, 0.2) is 0 Å². The molecule has 4 rings (SSSR count). The maximum atomic E-state index is 13.3. The largest absolute Gasteiger partial charge is 0.507 e. The molecule has 0 bridgehead atoms. The molecular formula is C30H28N2O5. The minimum Gasteiger partial charge on any atom is -0.507 e. The third-order valence-corrected chi connectivity index (χ3v) is 6.00. The Morgan fingerprint density at radius 2 is 1.70 bits per heavy atom. The number of aromatic nitrogens is 1. The number of likely N-dealkylation sites (tertiary alicyclic amines) is 1. The quantitative estimate of drug-likeness (QED) is 0.181. The Hall–Kier alpha value is -4.65. The summed E-state index contributed by atoms with van der Waals surface area (Å²) in [5.41, 5.74) is 2.60. The maximum absolute atomic E-state index is 13.3. The van der Waals surface area contributed by atoms with Crippen LogP contribution in [-0.2, 0) is 16.1 Å². The van der Waals surface area contributed by atoms with Gasteiger partial charge >= 0.3 is 0 Å². The summed E-state index contributed by atoms with van der Waals surface area (Å²) in [6.07, 6.45) is 6.57. The van der Waals surface area contributed by atoms with Crippen molar-refractivity contribution in [2.45, 2.75) is 19.5 Å². The van der Waals surface area contributed by atoms with Gasteiger partial charge in [0, 0.05) is 24.5 Å². The fourth-order valence-electron chi connectivity index (χ4n) is 4.27. The number of hydrogen-bond acceptors (Lipinski definition) is 6. The molecule has 1 aliphatic rings. The lowest BCUT2D eigenvalue weighted by Gasteiger charge is -2.25. The van der Waals surface area contributed by atoms with Gasteiger partial charge in [0.05, 0.1) is 11.6 Å². The van der Waals surface area contributed by atoms with Gasteiger partial charge in [-0.05, 0) is 60.0 Å². The Kier molecular flexibility index (Phi) is 7.83. The number of carbonyl (C=O) groups excluding carboxylic acids is 2. The van der Waals surface area contributed by atoms with Gasteiger partial charge in [0.1, 0.15) is 30.5 Å². The molecule has 1 N–H and O–H groups in total. The first-order chi connectivity index (χ1) is 17.9. The van der Waals surface area contributed by atoms with Crippen LogP contribution in [0.3, 0.4) is 0 Å². The number of nitrogens with zero attached hydrogens (tertiary/aromatic N) is 2. The number of benzene rings is 2. The van der Waals surface area contributed by atoms with E-state index < -0.39 is 17.7 Å². The molecule has 0 saturated carbocycles. The molecule has 1 unspecified atom stereocenters. The second kappa shape index (κ2) is 11.4. The summed E-state index contributed by atoms with van der Waals surface area (Å²) in [5.74, 6) is -0.441. The normalized spacial score (nSPS) is 16.5. The van der Waals surface area contributed by atoms with Crippen molar-refractivity contribution in [3.63, 3.8) is 0 Å². The first kappa shape index (κ1) is 25.4. The molecule has 37 heavy (non-hydrogen) atoms. The Balaban J connectivity index is 1.80. The predicted molar refractivity (Wildman–Crippen MR) is 141 cm³/mol. The lowest BCUT2D eigenvalue weighted by atomic mass is 9.93. The van der Waals surface area contributed by atoms with E-state index >= 15 is 0 Å². The maximum Gasteiger partial charge on any atom is 0.295 e. The zero-order valence-electron chi connectivity index (χ0n) is 20.6. The molecule has 0 spiro atoms. The number of carbonyl (C=O) groups is 2. The number of rotatable bonds is 10. The SMILES string of the molecule is C=CCOc1ccc(C2C(=C(O)c3ccc(OCC=C)cc3C)C(=O)C(=O)N2Cc2cccnc2)cc1. The van der Waals surface area contributed by atoms with Crippen molar-refractivity contribution in [2.75, 3.05) is 13.2 Å². The molecule has 2 aromatic carbocycles. The van der Waals surface area contributed by atoms with Crippen LogP contribution in [0.2, 0.25) is 0 Å². The van der Waals surface area contributed by atoms with Crippen LogP contribution in [0, 0.1) is 6.92 Å². The third kappa shape index (κ3) is 5.46. The standard InChI is InChI=1S/C30H28N2O5/c1-4-15-36-23-10-8-22(9-11-23)27-26(28(33)25-13-12-24(17-20(25)3)37-16-5-2)29(34)30(35)32(27)19-21-7-6-14-31-18-21/h4-14,17-18,27,33H,1-2,15-16,19H2,3H3. The highest BCUT2D eigenvalue weighted by molar-refractivity contribution is 6.46. The summed E-state index contributed by atoms with van der Waals surface area (Å²) >= 11 is 0. The molecule has 1 aromatic heterocycles. The number of amides is 1. The highest BCUT2D eigenvalue weighted by atomic mass is 16.5. The topological polar surface area (TPSA) is 89.0 Å². The molecular weight excluding hydrogens is 468 g/mol. The van der Waals surface area contributed by atoms with Crippen LogP contribution in [0.1, 0.15) is 28.3 Å². The monoisotopic (exact) mass is 496 g/mol. The van der Waals surface area contributed by atoms with Gasteiger partial charge in [-0.1, -0.05) is 43.5 Å².